The third-order valence-corrected chi connectivity index (χ3v) is 4.37. The minimum atomic E-state index is -0.995. The average Bonchev–Trinajstić information content (AvgIpc) is 3.02. The van der Waals surface area contributed by atoms with Crippen LogP contribution in [0.15, 0.2) is 22.9 Å². The average molecular weight is 344 g/mol. The molecule has 1 N–H and O–H groups in total. The summed E-state index contributed by atoms with van der Waals surface area (Å²) in [5.74, 6) is 0.220. The first-order chi connectivity index (χ1) is 12.0. The Kier molecular flexibility index (Phi) is 4.69. The van der Waals surface area contributed by atoms with Gasteiger partial charge in [-0.05, 0) is 25.5 Å². The number of hydrogen-bond acceptors (Lipinski definition) is 6. The quantitative estimate of drug-likeness (QED) is 0.899. The number of aryl methyl sites for hydroxylation is 2. The van der Waals surface area contributed by atoms with Gasteiger partial charge in [-0.15, -0.1) is 0 Å². The molecule has 3 rings (SSSR count). The van der Waals surface area contributed by atoms with E-state index >= 15 is 0 Å². The monoisotopic (exact) mass is 344 g/mol. The van der Waals surface area contributed by atoms with Gasteiger partial charge in [0.25, 0.3) is 5.91 Å². The van der Waals surface area contributed by atoms with E-state index in [-0.39, 0.29) is 11.5 Å². The highest BCUT2D eigenvalue weighted by molar-refractivity contribution is 5.96. The molecule has 0 spiro atoms. The lowest BCUT2D eigenvalue weighted by Crippen LogP contribution is -2.49. The number of anilines is 1. The van der Waals surface area contributed by atoms with Crippen molar-refractivity contribution in [3.63, 3.8) is 0 Å². The lowest BCUT2D eigenvalue weighted by molar-refractivity contribution is 0.0694. The molecule has 3 heterocycles. The lowest BCUT2D eigenvalue weighted by Gasteiger charge is -2.35. The molecule has 0 unspecified atom stereocenters. The van der Waals surface area contributed by atoms with E-state index < -0.39 is 5.97 Å². The minimum Gasteiger partial charge on any atom is -0.478 e. The first kappa shape index (κ1) is 16.9. The van der Waals surface area contributed by atoms with Gasteiger partial charge in [0.2, 0.25) is 0 Å². The zero-order valence-corrected chi connectivity index (χ0v) is 14.2. The van der Waals surface area contributed by atoms with Crippen molar-refractivity contribution in [1.29, 1.82) is 0 Å². The van der Waals surface area contributed by atoms with Gasteiger partial charge in [-0.3, -0.25) is 4.79 Å². The number of hydrogen-bond donors (Lipinski definition) is 1. The van der Waals surface area contributed by atoms with Crippen molar-refractivity contribution < 1.29 is 19.2 Å². The highest BCUT2D eigenvalue weighted by Gasteiger charge is 2.27. The van der Waals surface area contributed by atoms with Crippen LogP contribution in [0.2, 0.25) is 0 Å². The van der Waals surface area contributed by atoms with Gasteiger partial charge in [-0.1, -0.05) is 12.1 Å². The molecule has 1 aliphatic rings. The molecule has 0 aliphatic carbocycles. The Bertz CT molecular complexity index is 776. The number of carboxylic acids is 1. The van der Waals surface area contributed by atoms with Crippen molar-refractivity contribution in [3.8, 4) is 0 Å². The number of rotatable bonds is 4. The van der Waals surface area contributed by atoms with Crippen molar-refractivity contribution in [3.05, 3.63) is 40.9 Å². The van der Waals surface area contributed by atoms with Crippen LogP contribution < -0.4 is 4.90 Å². The Morgan fingerprint density at radius 3 is 2.52 bits per heavy atom. The number of amides is 1. The van der Waals surface area contributed by atoms with Crippen molar-refractivity contribution in [2.24, 2.45) is 0 Å². The van der Waals surface area contributed by atoms with Crippen molar-refractivity contribution in [2.75, 3.05) is 31.1 Å². The Morgan fingerprint density at radius 2 is 1.96 bits per heavy atom. The van der Waals surface area contributed by atoms with Crippen LogP contribution in [0.1, 0.15) is 39.1 Å². The predicted octanol–water partition coefficient (Wildman–Crippen LogP) is 1.60. The van der Waals surface area contributed by atoms with Crippen molar-refractivity contribution in [1.82, 2.24) is 15.0 Å². The Hall–Kier alpha value is -2.90. The number of pyridine rings is 1. The number of piperazine rings is 1. The highest BCUT2D eigenvalue weighted by atomic mass is 16.5. The molecule has 1 aliphatic heterocycles. The van der Waals surface area contributed by atoms with Gasteiger partial charge in [-0.2, -0.15) is 0 Å². The molecule has 8 nitrogen and oxygen atoms in total. The van der Waals surface area contributed by atoms with Crippen LogP contribution in [0.3, 0.4) is 0 Å². The summed E-state index contributed by atoms with van der Waals surface area (Å²) in [4.78, 5) is 31.7. The van der Waals surface area contributed by atoms with E-state index in [4.69, 9.17) is 9.63 Å². The maximum atomic E-state index is 12.8. The molecule has 132 valence electrons. The van der Waals surface area contributed by atoms with Gasteiger partial charge in [-0.25, -0.2) is 9.78 Å². The summed E-state index contributed by atoms with van der Waals surface area (Å²) in [5, 5.41) is 12.9. The number of nitrogens with zero attached hydrogens (tertiary/aromatic N) is 4. The predicted molar refractivity (Wildman–Crippen MR) is 89.9 cm³/mol. The Morgan fingerprint density at radius 1 is 1.24 bits per heavy atom. The van der Waals surface area contributed by atoms with E-state index in [9.17, 15) is 9.59 Å². The van der Waals surface area contributed by atoms with E-state index in [0.717, 1.165) is 0 Å². The van der Waals surface area contributed by atoms with Gasteiger partial charge >= 0.3 is 5.97 Å². The third-order valence-electron chi connectivity index (χ3n) is 4.37. The zero-order valence-electron chi connectivity index (χ0n) is 14.2. The van der Waals surface area contributed by atoms with Crippen LogP contribution >= 0.6 is 0 Å². The minimum absolute atomic E-state index is 0.0514. The third kappa shape index (κ3) is 3.33. The molecule has 0 saturated carbocycles. The van der Waals surface area contributed by atoms with E-state index in [1.807, 2.05) is 11.8 Å². The van der Waals surface area contributed by atoms with Gasteiger partial charge in [0.15, 0.2) is 0 Å². The summed E-state index contributed by atoms with van der Waals surface area (Å²) in [6, 6.07) is 3.23. The molecule has 0 radical (unpaired) electrons. The van der Waals surface area contributed by atoms with Crippen LogP contribution in [-0.2, 0) is 6.42 Å². The van der Waals surface area contributed by atoms with Gasteiger partial charge in [0.1, 0.15) is 17.1 Å². The fraction of sp³-hybridized carbons (Fsp3) is 0.412. The summed E-state index contributed by atoms with van der Waals surface area (Å²) in [7, 11) is 0. The highest BCUT2D eigenvalue weighted by Crippen LogP contribution is 2.19. The molecular formula is C17H20N4O4. The molecule has 1 fully saturated rings. The molecule has 0 bridgehead atoms. The molecule has 2 aromatic heterocycles. The molecule has 1 amide bonds. The smallest absolute Gasteiger partial charge is 0.337 e. The molecule has 8 heteroatoms. The second-order valence-electron chi connectivity index (χ2n) is 5.90. The second kappa shape index (κ2) is 6.92. The second-order valence-corrected chi connectivity index (χ2v) is 5.90. The summed E-state index contributed by atoms with van der Waals surface area (Å²) < 4.78 is 5.15. The fourth-order valence-electron chi connectivity index (χ4n) is 2.93. The molecule has 25 heavy (non-hydrogen) atoms. The number of carbonyl (C=O) groups excluding carboxylic acids is 1. The maximum absolute atomic E-state index is 12.8. The van der Waals surface area contributed by atoms with Crippen molar-refractivity contribution >= 4 is 17.7 Å². The molecular weight excluding hydrogens is 324 g/mol. The molecule has 2 aromatic rings. The van der Waals surface area contributed by atoms with E-state index in [1.165, 1.54) is 12.3 Å². The Balaban J connectivity index is 1.66. The number of carbonyl (C=O) groups is 2. The molecule has 0 aromatic carbocycles. The summed E-state index contributed by atoms with van der Waals surface area (Å²) in [6.07, 6.45) is 2.00. The topological polar surface area (TPSA) is 99.8 Å². The number of carboxylic acid groups (broad SMARTS) is 1. The van der Waals surface area contributed by atoms with Crippen LogP contribution in [0, 0.1) is 6.92 Å². The fourth-order valence-corrected chi connectivity index (χ4v) is 2.93. The standard InChI is InChI=1S/C17H20N4O4/c1-3-13-15(11(2)25-19-13)16(22)21-8-6-20(7-9-21)14-5-4-12(10-18-14)17(23)24/h4-5,10H,3,6-9H2,1-2H3,(H,23,24). The van der Waals surface area contributed by atoms with Gasteiger partial charge in [0.05, 0.1) is 11.3 Å². The first-order valence-corrected chi connectivity index (χ1v) is 8.20. The maximum Gasteiger partial charge on any atom is 0.337 e. The van der Waals surface area contributed by atoms with Crippen LogP contribution in [0.25, 0.3) is 0 Å². The van der Waals surface area contributed by atoms with Crippen LogP contribution in [-0.4, -0.2) is 58.2 Å². The van der Waals surface area contributed by atoms with Crippen LogP contribution in [0.5, 0.6) is 0 Å². The van der Waals surface area contributed by atoms with Gasteiger partial charge < -0.3 is 19.4 Å². The molecule has 1 saturated heterocycles. The summed E-state index contributed by atoms with van der Waals surface area (Å²) >= 11 is 0. The Labute approximate surface area is 145 Å². The zero-order chi connectivity index (χ0) is 18.0. The summed E-state index contributed by atoms with van der Waals surface area (Å²) in [6.45, 7) is 6.10. The van der Waals surface area contributed by atoms with E-state index in [2.05, 4.69) is 10.1 Å². The number of aromatic nitrogens is 2. The first-order valence-electron chi connectivity index (χ1n) is 8.20. The number of aromatic carboxylic acids is 1. The molecule has 0 atom stereocenters. The lowest BCUT2D eigenvalue weighted by atomic mass is 10.1. The van der Waals surface area contributed by atoms with Crippen LogP contribution in [0.4, 0.5) is 5.82 Å². The van der Waals surface area contributed by atoms with E-state index in [1.54, 1.807) is 17.9 Å². The van der Waals surface area contributed by atoms with E-state index in [0.29, 0.717) is 55.4 Å². The largest absolute Gasteiger partial charge is 0.478 e. The van der Waals surface area contributed by atoms with Crippen molar-refractivity contribution in [2.45, 2.75) is 20.3 Å². The summed E-state index contributed by atoms with van der Waals surface area (Å²) in [5.41, 5.74) is 1.42. The van der Waals surface area contributed by atoms with Gasteiger partial charge in [0, 0.05) is 32.4 Å². The normalized spacial score (nSPS) is 14.6. The SMILES string of the molecule is CCc1noc(C)c1C(=O)N1CCN(c2ccc(C(=O)O)cn2)CC1.